The first-order chi connectivity index (χ1) is 21.1. The smallest absolute Gasteiger partial charge is 0.251 e. The molecule has 3 heterocycles. The molecular weight excluding hydrogens is 608 g/mol. The highest BCUT2D eigenvalue weighted by Gasteiger charge is 2.43. The van der Waals surface area contributed by atoms with E-state index in [2.05, 4.69) is 39.2 Å². The quantitative estimate of drug-likeness (QED) is 0.175. The van der Waals surface area contributed by atoms with Gasteiger partial charge in [0.25, 0.3) is 10.0 Å². The van der Waals surface area contributed by atoms with Crippen molar-refractivity contribution < 1.29 is 38.3 Å². The van der Waals surface area contributed by atoms with E-state index in [1.54, 1.807) is 12.1 Å². The SMILES string of the molecule is C/C(=C(/C#N)S(=O)(=O)NCC1OC(O)[C@H](O)[C@@H](O)[C@@H]1O)c1ccc(-c2ccc3cc(NCCN4CCOCC4)ccc3c2)s1. The van der Waals surface area contributed by atoms with Crippen LogP contribution in [0.15, 0.2) is 53.4 Å². The number of rotatable bonds is 10. The third-order valence-corrected chi connectivity index (χ3v) is 10.6. The highest BCUT2D eigenvalue weighted by molar-refractivity contribution is 7.93. The number of hydrogen-bond acceptors (Lipinski definition) is 12. The van der Waals surface area contributed by atoms with Gasteiger partial charge in [0.2, 0.25) is 0 Å². The number of nitrogens with zero attached hydrogens (tertiary/aromatic N) is 2. The molecular formula is C30H36N4O8S2. The van der Waals surface area contributed by atoms with Gasteiger partial charge < -0.3 is 35.2 Å². The molecule has 5 rings (SSSR count). The Labute approximate surface area is 259 Å². The summed E-state index contributed by atoms with van der Waals surface area (Å²) < 4.78 is 38.7. The summed E-state index contributed by atoms with van der Waals surface area (Å²) in [6.07, 6.45) is -8.28. The Hall–Kier alpha value is -2.94. The second-order valence-electron chi connectivity index (χ2n) is 10.8. The van der Waals surface area contributed by atoms with E-state index in [1.807, 2.05) is 18.2 Å². The van der Waals surface area contributed by atoms with Crippen LogP contribution in [0.4, 0.5) is 5.69 Å². The zero-order valence-electron chi connectivity index (χ0n) is 24.1. The third kappa shape index (κ3) is 7.30. The summed E-state index contributed by atoms with van der Waals surface area (Å²) in [6, 6.07) is 17.7. The zero-order valence-corrected chi connectivity index (χ0v) is 25.7. The largest absolute Gasteiger partial charge is 0.388 e. The number of anilines is 1. The van der Waals surface area contributed by atoms with Crippen LogP contribution in [0.3, 0.4) is 0 Å². The van der Waals surface area contributed by atoms with Crippen molar-refractivity contribution in [2.45, 2.75) is 37.6 Å². The van der Waals surface area contributed by atoms with Crippen molar-refractivity contribution in [1.82, 2.24) is 9.62 Å². The molecule has 3 aromatic rings. The Kier molecular flexibility index (Phi) is 10.3. The van der Waals surface area contributed by atoms with Gasteiger partial charge in [0.1, 0.15) is 30.5 Å². The number of morpholine rings is 1. The molecule has 0 bridgehead atoms. The average Bonchev–Trinajstić information content (AvgIpc) is 3.52. The average molecular weight is 645 g/mol. The second-order valence-corrected chi connectivity index (χ2v) is 13.6. The van der Waals surface area contributed by atoms with E-state index in [4.69, 9.17) is 9.47 Å². The molecule has 0 amide bonds. The van der Waals surface area contributed by atoms with Crippen LogP contribution < -0.4 is 10.0 Å². The molecule has 2 aromatic carbocycles. The van der Waals surface area contributed by atoms with Crippen molar-refractivity contribution in [3.63, 3.8) is 0 Å². The van der Waals surface area contributed by atoms with Crippen molar-refractivity contribution in [1.29, 1.82) is 5.26 Å². The molecule has 2 aliphatic heterocycles. The van der Waals surface area contributed by atoms with Crippen LogP contribution in [0.2, 0.25) is 0 Å². The van der Waals surface area contributed by atoms with Crippen molar-refractivity contribution in [2.24, 2.45) is 0 Å². The maximum atomic E-state index is 13.0. The lowest BCUT2D eigenvalue weighted by molar-refractivity contribution is -0.279. The molecule has 0 radical (unpaired) electrons. The molecule has 0 saturated carbocycles. The molecule has 0 spiro atoms. The van der Waals surface area contributed by atoms with Gasteiger partial charge in [-0.2, -0.15) is 5.26 Å². The van der Waals surface area contributed by atoms with Crippen LogP contribution in [0.5, 0.6) is 0 Å². The zero-order chi connectivity index (χ0) is 31.4. The monoisotopic (exact) mass is 644 g/mol. The minimum atomic E-state index is -4.35. The number of ether oxygens (including phenoxy) is 2. The fourth-order valence-corrected chi connectivity index (χ4v) is 7.44. The molecule has 2 fully saturated rings. The van der Waals surface area contributed by atoms with Crippen molar-refractivity contribution >= 4 is 43.4 Å². The molecule has 2 aliphatic rings. The maximum Gasteiger partial charge on any atom is 0.251 e. The van der Waals surface area contributed by atoms with Gasteiger partial charge >= 0.3 is 0 Å². The molecule has 5 atom stereocenters. The number of hydrogen-bond donors (Lipinski definition) is 6. The number of nitrogens with one attached hydrogen (secondary N) is 2. The molecule has 14 heteroatoms. The Morgan fingerprint density at radius 1 is 1.02 bits per heavy atom. The van der Waals surface area contributed by atoms with Crippen molar-refractivity contribution in [2.75, 3.05) is 51.3 Å². The second kappa shape index (κ2) is 14.0. The number of nitriles is 1. The van der Waals surface area contributed by atoms with Gasteiger partial charge in [-0.1, -0.05) is 18.2 Å². The minimum absolute atomic E-state index is 0.241. The van der Waals surface area contributed by atoms with Gasteiger partial charge in [-0.15, -0.1) is 11.3 Å². The first kappa shape index (κ1) is 32.5. The summed E-state index contributed by atoms with van der Waals surface area (Å²) in [5.74, 6) is 0. The molecule has 1 aromatic heterocycles. The lowest BCUT2D eigenvalue weighted by atomic mass is 9.99. The molecule has 236 valence electrons. The fourth-order valence-electron chi connectivity index (χ4n) is 5.21. The van der Waals surface area contributed by atoms with Gasteiger partial charge in [0, 0.05) is 48.2 Å². The van der Waals surface area contributed by atoms with Crippen LogP contribution in [-0.4, -0.2) is 110 Å². The van der Waals surface area contributed by atoms with Gasteiger partial charge in [-0.3, -0.25) is 4.90 Å². The molecule has 44 heavy (non-hydrogen) atoms. The molecule has 0 aliphatic carbocycles. The molecule has 2 unspecified atom stereocenters. The minimum Gasteiger partial charge on any atom is -0.388 e. The van der Waals surface area contributed by atoms with Crippen LogP contribution in [0.25, 0.3) is 26.8 Å². The number of sulfonamides is 1. The summed E-state index contributed by atoms with van der Waals surface area (Å²) in [5, 5.41) is 54.7. The standard InChI is InChI=1S/C30H36N4O8S2/c1-18(26(16-31)44(39,40)33-17-23-27(35)28(36)29(37)30(38)42-23)24-6-7-25(43-24)21-3-2-20-15-22(5-4-19(20)14-21)32-8-9-34-10-12-41-13-11-34/h2-7,14-15,23,27-30,32-33,35-38H,8-13,17H2,1H3/b26-18+/t23?,27-,28+,29-,30?/m1/s1. The molecule has 12 nitrogen and oxygen atoms in total. The normalized spacial score (nSPS) is 25.4. The number of allylic oxidation sites excluding steroid dienone is 2. The van der Waals surface area contributed by atoms with Crippen LogP contribution >= 0.6 is 11.3 Å². The number of thiophene rings is 1. The number of aliphatic hydroxyl groups excluding tert-OH is 4. The van der Waals surface area contributed by atoms with E-state index >= 15 is 0 Å². The summed E-state index contributed by atoms with van der Waals surface area (Å²) in [5.41, 5.74) is 2.24. The van der Waals surface area contributed by atoms with E-state index < -0.39 is 52.2 Å². The van der Waals surface area contributed by atoms with Gasteiger partial charge in [-0.25, -0.2) is 13.1 Å². The summed E-state index contributed by atoms with van der Waals surface area (Å²) >= 11 is 1.35. The van der Waals surface area contributed by atoms with E-state index in [0.717, 1.165) is 66.3 Å². The van der Waals surface area contributed by atoms with Crippen LogP contribution in [0.1, 0.15) is 11.8 Å². The highest BCUT2D eigenvalue weighted by atomic mass is 32.2. The Bertz CT molecular complexity index is 1650. The van der Waals surface area contributed by atoms with Crippen molar-refractivity contribution in [3.05, 3.63) is 58.3 Å². The van der Waals surface area contributed by atoms with E-state index in [-0.39, 0.29) is 5.57 Å². The molecule has 2 saturated heterocycles. The Morgan fingerprint density at radius 3 is 2.50 bits per heavy atom. The van der Waals surface area contributed by atoms with E-state index in [1.165, 1.54) is 18.3 Å². The summed E-state index contributed by atoms with van der Waals surface area (Å²) in [7, 11) is -4.35. The first-order valence-electron chi connectivity index (χ1n) is 14.2. The van der Waals surface area contributed by atoms with E-state index in [9.17, 15) is 34.1 Å². The lowest BCUT2D eigenvalue weighted by Crippen LogP contribution is -2.59. The molecule has 6 N–H and O–H groups in total. The highest BCUT2D eigenvalue weighted by Crippen LogP contribution is 2.35. The van der Waals surface area contributed by atoms with Gasteiger partial charge in [0.05, 0.1) is 13.2 Å². The number of benzene rings is 2. The van der Waals surface area contributed by atoms with Crippen molar-refractivity contribution in [3.8, 4) is 16.5 Å². The summed E-state index contributed by atoms with van der Waals surface area (Å²) in [4.78, 5) is 3.36. The lowest BCUT2D eigenvalue weighted by Gasteiger charge is -2.38. The van der Waals surface area contributed by atoms with Crippen LogP contribution in [-0.2, 0) is 19.5 Å². The maximum absolute atomic E-state index is 13.0. The number of fused-ring (bicyclic) bond motifs is 1. The Morgan fingerprint density at radius 2 is 1.75 bits per heavy atom. The predicted molar refractivity (Wildman–Crippen MR) is 167 cm³/mol. The van der Waals surface area contributed by atoms with Gasteiger partial charge in [-0.05, 0) is 59.2 Å². The van der Waals surface area contributed by atoms with E-state index in [0.29, 0.717) is 4.88 Å². The predicted octanol–water partition coefficient (Wildman–Crippen LogP) is 1.29. The van der Waals surface area contributed by atoms with Crippen LogP contribution in [0, 0.1) is 11.3 Å². The fraction of sp³-hybridized carbons (Fsp3) is 0.433. The Balaban J connectivity index is 1.26. The topological polar surface area (TPSA) is 185 Å². The third-order valence-electron chi connectivity index (χ3n) is 7.83. The van der Waals surface area contributed by atoms with Gasteiger partial charge in [0.15, 0.2) is 11.2 Å². The number of aliphatic hydroxyl groups is 4. The first-order valence-corrected chi connectivity index (χ1v) is 16.5. The summed E-state index contributed by atoms with van der Waals surface area (Å²) in [6.45, 7) is 6.27.